The molecule has 0 spiro atoms. The first-order valence-corrected chi connectivity index (χ1v) is 5.44. The van der Waals surface area contributed by atoms with Gasteiger partial charge in [0.2, 0.25) is 0 Å². The summed E-state index contributed by atoms with van der Waals surface area (Å²) in [5.74, 6) is 1.68. The molecule has 0 bridgehead atoms. The number of hydrogen-bond donors (Lipinski definition) is 0. The van der Waals surface area contributed by atoms with Crippen LogP contribution in [0.25, 0.3) is 22.2 Å². The van der Waals surface area contributed by atoms with Crippen molar-refractivity contribution in [1.29, 1.82) is 0 Å². The number of ether oxygens (including phenoxy) is 1. The van der Waals surface area contributed by atoms with Gasteiger partial charge in [-0.05, 0) is 24.3 Å². The van der Waals surface area contributed by atoms with E-state index >= 15 is 0 Å². The molecule has 0 aliphatic carbocycles. The minimum Gasteiger partial charge on any atom is -0.456 e. The van der Waals surface area contributed by atoms with E-state index in [0.717, 1.165) is 33.7 Å². The zero-order chi connectivity index (χ0) is 11.2. The van der Waals surface area contributed by atoms with Crippen LogP contribution in [0, 0.1) is 0 Å². The second-order valence-corrected chi connectivity index (χ2v) is 3.97. The van der Waals surface area contributed by atoms with Gasteiger partial charge in [0.1, 0.15) is 17.8 Å². The Morgan fingerprint density at radius 2 is 1.71 bits per heavy atom. The van der Waals surface area contributed by atoms with Crippen molar-refractivity contribution in [3.63, 3.8) is 0 Å². The third kappa shape index (κ3) is 1.11. The van der Waals surface area contributed by atoms with Gasteiger partial charge in [0.05, 0.1) is 16.6 Å². The minimum absolute atomic E-state index is 0.830. The normalized spacial score (nSPS) is 12.0. The number of fused-ring (bicyclic) bond motifs is 2. The third-order valence-corrected chi connectivity index (χ3v) is 2.99. The van der Waals surface area contributed by atoms with E-state index in [1.165, 1.54) is 0 Å². The summed E-state index contributed by atoms with van der Waals surface area (Å²) in [6.07, 6.45) is 1.60. The van der Waals surface area contributed by atoms with Gasteiger partial charge in [0.15, 0.2) is 0 Å². The SMILES string of the molecule is c1ccc2c(c1)Oc1cccc3ncnc-2c13. The molecule has 2 heterocycles. The molecule has 0 N–H and O–H groups in total. The van der Waals surface area contributed by atoms with E-state index in [1.54, 1.807) is 6.33 Å². The van der Waals surface area contributed by atoms with Crippen molar-refractivity contribution in [2.45, 2.75) is 0 Å². The molecule has 0 atom stereocenters. The molecule has 0 fully saturated rings. The van der Waals surface area contributed by atoms with Crippen LogP contribution in [-0.2, 0) is 0 Å². The van der Waals surface area contributed by atoms with Gasteiger partial charge in [-0.25, -0.2) is 9.97 Å². The Labute approximate surface area is 97.7 Å². The van der Waals surface area contributed by atoms with Gasteiger partial charge in [0, 0.05) is 5.56 Å². The van der Waals surface area contributed by atoms with Crippen LogP contribution < -0.4 is 4.74 Å². The van der Waals surface area contributed by atoms with Gasteiger partial charge in [-0.2, -0.15) is 0 Å². The van der Waals surface area contributed by atoms with Crippen LogP contribution in [0.4, 0.5) is 0 Å². The van der Waals surface area contributed by atoms with Crippen molar-refractivity contribution in [2.75, 3.05) is 0 Å². The minimum atomic E-state index is 0.830. The number of hydrogen-bond acceptors (Lipinski definition) is 3. The highest BCUT2D eigenvalue weighted by atomic mass is 16.5. The lowest BCUT2D eigenvalue weighted by atomic mass is 10.0. The van der Waals surface area contributed by atoms with Gasteiger partial charge in [-0.15, -0.1) is 0 Å². The van der Waals surface area contributed by atoms with Gasteiger partial charge in [-0.3, -0.25) is 0 Å². The Kier molecular flexibility index (Phi) is 1.56. The molecule has 2 aromatic carbocycles. The quantitative estimate of drug-likeness (QED) is 0.455. The fourth-order valence-corrected chi connectivity index (χ4v) is 2.24. The van der Waals surface area contributed by atoms with E-state index < -0.39 is 0 Å². The number of aromatic nitrogens is 2. The number of nitrogens with zero attached hydrogens (tertiary/aromatic N) is 2. The first-order chi connectivity index (χ1) is 8.43. The predicted octanol–water partition coefficient (Wildman–Crippen LogP) is 3.40. The first-order valence-electron chi connectivity index (χ1n) is 5.44. The Hall–Kier alpha value is -2.42. The topological polar surface area (TPSA) is 35.0 Å². The summed E-state index contributed by atoms with van der Waals surface area (Å²) in [6.45, 7) is 0. The van der Waals surface area contributed by atoms with Crippen molar-refractivity contribution in [3.05, 3.63) is 48.8 Å². The molecule has 1 aliphatic heterocycles. The second kappa shape index (κ2) is 3.04. The maximum absolute atomic E-state index is 5.87. The molecule has 0 unspecified atom stereocenters. The zero-order valence-electron chi connectivity index (χ0n) is 8.92. The molecular formula is C14H8N2O. The van der Waals surface area contributed by atoms with Gasteiger partial charge in [-0.1, -0.05) is 18.2 Å². The molecule has 4 rings (SSSR count). The van der Waals surface area contributed by atoms with Crippen molar-refractivity contribution >= 4 is 10.9 Å². The van der Waals surface area contributed by atoms with Crippen LogP contribution in [-0.4, -0.2) is 9.97 Å². The monoisotopic (exact) mass is 220 g/mol. The summed E-state index contributed by atoms with van der Waals surface area (Å²) >= 11 is 0. The molecule has 3 aromatic rings. The van der Waals surface area contributed by atoms with Crippen molar-refractivity contribution in [2.24, 2.45) is 0 Å². The molecule has 1 aromatic heterocycles. The maximum atomic E-state index is 5.87. The predicted molar refractivity (Wildman–Crippen MR) is 65.0 cm³/mol. The Morgan fingerprint density at radius 3 is 2.71 bits per heavy atom. The van der Waals surface area contributed by atoms with Crippen LogP contribution in [0.15, 0.2) is 48.8 Å². The Morgan fingerprint density at radius 1 is 0.824 bits per heavy atom. The summed E-state index contributed by atoms with van der Waals surface area (Å²) in [4.78, 5) is 8.65. The van der Waals surface area contributed by atoms with Crippen molar-refractivity contribution in [3.8, 4) is 22.8 Å². The highest BCUT2D eigenvalue weighted by molar-refractivity contribution is 6.00. The highest BCUT2D eigenvalue weighted by Gasteiger charge is 2.20. The molecule has 0 amide bonds. The van der Waals surface area contributed by atoms with Crippen LogP contribution in [0.3, 0.4) is 0 Å². The lowest BCUT2D eigenvalue weighted by Gasteiger charge is -2.19. The summed E-state index contributed by atoms with van der Waals surface area (Å²) < 4.78 is 5.87. The van der Waals surface area contributed by atoms with E-state index in [0.29, 0.717) is 0 Å². The first kappa shape index (κ1) is 8.70. The molecule has 80 valence electrons. The number of rotatable bonds is 0. The standard InChI is InChI=1S/C14H8N2O/c1-2-6-11-9(4-1)14-13-10(15-8-16-14)5-3-7-12(13)17-11/h1-8H. The van der Waals surface area contributed by atoms with Crippen LogP contribution >= 0.6 is 0 Å². The van der Waals surface area contributed by atoms with E-state index in [9.17, 15) is 0 Å². The average Bonchev–Trinajstić information content (AvgIpc) is 2.39. The summed E-state index contributed by atoms with van der Waals surface area (Å²) in [7, 11) is 0. The van der Waals surface area contributed by atoms with Gasteiger partial charge < -0.3 is 4.74 Å². The smallest absolute Gasteiger partial charge is 0.139 e. The van der Waals surface area contributed by atoms with E-state index in [2.05, 4.69) is 9.97 Å². The molecular weight excluding hydrogens is 212 g/mol. The van der Waals surface area contributed by atoms with Crippen LogP contribution in [0.5, 0.6) is 11.5 Å². The summed E-state index contributed by atoms with van der Waals surface area (Å²) in [5.41, 5.74) is 2.90. The van der Waals surface area contributed by atoms with Gasteiger partial charge >= 0.3 is 0 Å². The van der Waals surface area contributed by atoms with E-state index in [-0.39, 0.29) is 0 Å². The summed E-state index contributed by atoms with van der Waals surface area (Å²) in [5, 5.41) is 0.994. The molecule has 3 nitrogen and oxygen atoms in total. The lowest BCUT2D eigenvalue weighted by molar-refractivity contribution is 0.486. The molecule has 0 radical (unpaired) electrons. The molecule has 17 heavy (non-hydrogen) atoms. The Bertz CT molecular complexity index is 732. The van der Waals surface area contributed by atoms with Crippen LogP contribution in [0.1, 0.15) is 0 Å². The maximum Gasteiger partial charge on any atom is 0.139 e. The van der Waals surface area contributed by atoms with E-state index in [1.807, 2.05) is 42.5 Å². The van der Waals surface area contributed by atoms with Crippen molar-refractivity contribution < 1.29 is 4.74 Å². The Balaban J connectivity index is 2.22. The van der Waals surface area contributed by atoms with Gasteiger partial charge in [0.25, 0.3) is 0 Å². The largest absolute Gasteiger partial charge is 0.456 e. The number of para-hydroxylation sites is 1. The third-order valence-electron chi connectivity index (χ3n) is 2.99. The second-order valence-electron chi connectivity index (χ2n) is 3.97. The van der Waals surface area contributed by atoms with Crippen molar-refractivity contribution in [1.82, 2.24) is 9.97 Å². The molecule has 0 saturated heterocycles. The van der Waals surface area contributed by atoms with E-state index in [4.69, 9.17) is 4.74 Å². The van der Waals surface area contributed by atoms with Crippen LogP contribution in [0.2, 0.25) is 0 Å². The fraction of sp³-hybridized carbons (Fsp3) is 0. The zero-order valence-corrected chi connectivity index (χ0v) is 8.92. The lowest BCUT2D eigenvalue weighted by Crippen LogP contribution is -1.99. The number of benzene rings is 2. The molecule has 1 aliphatic rings. The molecule has 0 saturated carbocycles. The molecule has 3 heteroatoms. The highest BCUT2D eigenvalue weighted by Crippen LogP contribution is 2.44. The fourth-order valence-electron chi connectivity index (χ4n) is 2.24. The summed E-state index contributed by atoms with van der Waals surface area (Å²) in [6, 6.07) is 13.8. The average molecular weight is 220 g/mol.